The highest BCUT2D eigenvalue weighted by atomic mass is 16.6. The minimum Gasteiger partial charge on any atom is -0.444 e. The fourth-order valence-corrected chi connectivity index (χ4v) is 2.87. The summed E-state index contributed by atoms with van der Waals surface area (Å²) < 4.78 is 5.22. The summed E-state index contributed by atoms with van der Waals surface area (Å²) in [5, 5.41) is 13.0. The van der Waals surface area contributed by atoms with Crippen LogP contribution in [-0.2, 0) is 9.53 Å². The molecule has 2 N–H and O–H groups in total. The molecule has 2 aliphatic rings. The molecule has 6 heteroatoms. The van der Waals surface area contributed by atoms with Crippen molar-refractivity contribution in [2.45, 2.75) is 70.6 Å². The van der Waals surface area contributed by atoms with Crippen molar-refractivity contribution in [3.8, 4) is 0 Å². The lowest BCUT2D eigenvalue weighted by atomic mass is 9.88. The molecule has 0 aromatic heterocycles. The number of ether oxygens (including phenoxy) is 1. The number of β-amino-alcohol motifs (C(OH)–C–C–N with tert-alkyl or cyclic N) is 1. The number of amides is 2. The Morgan fingerprint density at radius 3 is 2.41 bits per heavy atom. The fraction of sp³-hybridized carbons (Fsp3) is 0.875. The zero-order valence-corrected chi connectivity index (χ0v) is 14.0. The maximum absolute atomic E-state index is 12.5. The first kappa shape index (κ1) is 17.1. The van der Waals surface area contributed by atoms with Gasteiger partial charge in [-0.1, -0.05) is 13.3 Å². The molecule has 1 aliphatic carbocycles. The fourth-order valence-electron chi connectivity index (χ4n) is 2.87. The largest absolute Gasteiger partial charge is 0.444 e. The van der Waals surface area contributed by atoms with Crippen molar-refractivity contribution in [2.75, 3.05) is 13.1 Å². The second kappa shape index (κ2) is 6.07. The standard InChI is InChI=1S/C16H28N2O4/c1-5-6-12(17-14(20)22-15(2,3)4)13(19)18-9-16(21,10-18)11-7-8-11/h11-12,21H,5-10H2,1-4H3,(H,17,20)/t12-/m0/s1. The lowest BCUT2D eigenvalue weighted by Gasteiger charge is -2.48. The van der Waals surface area contributed by atoms with Crippen LogP contribution in [0.15, 0.2) is 0 Å². The van der Waals surface area contributed by atoms with E-state index in [0.29, 0.717) is 25.4 Å². The van der Waals surface area contributed by atoms with Crippen LogP contribution in [0.1, 0.15) is 53.4 Å². The van der Waals surface area contributed by atoms with Gasteiger partial charge in [0.25, 0.3) is 0 Å². The lowest BCUT2D eigenvalue weighted by molar-refractivity contribution is -0.161. The van der Waals surface area contributed by atoms with Gasteiger partial charge in [0, 0.05) is 0 Å². The van der Waals surface area contributed by atoms with Crippen molar-refractivity contribution in [1.29, 1.82) is 0 Å². The van der Waals surface area contributed by atoms with Crippen molar-refractivity contribution in [3.63, 3.8) is 0 Å². The first-order chi connectivity index (χ1) is 10.1. The molecule has 2 amide bonds. The predicted molar refractivity (Wildman–Crippen MR) is 82.3 cm³/mol. The highest BCUT2D eigenvalue weighted by molar-refractivity contribution is 5.86. The number of nitrogens with zero attached hydrogens (tertiary/aromatic N) is 1. The van der Waals surface area contributed by atoms with Crippen LogP contribution in [0, 0.1) is 5.92 Å². The zero-order chi connectivity index (χ0) is 16.5. The molecule has 0 aromatic rings. The van der Waals surface area contributed by atoms with Crippen molar-refractivity contribution in [3.05, 3.63) is 0 Å². The number of likely N-dealkylation sites (tertiary alicyclic amines) is 1. The molecule has 0 unspecified atom stereocenters. The normalized spacial score (nSPS) is 21.8. The minimum atomic E-state index is -0.696. The van der Waals surface area contributed by atoms with Crippen LogP contribution in [0.3, 0.4) is 0 Å². The molecular formula is C16H28N2O4. The van der Waals surface area contributed by atoms with E-state index >= 15 is 0 Å². The Bertz CT molecular complexity index is 434. The van der Waals surface area contributed by atoms with E-state index in [-0.39, 0.29) is 5.91 Å². The Balaban J connectivity index is 1.87. The topological polar surface area (TPSA) is 78.9 Å². The predicted octanol–water partition coefficient (Wildman–Crippen LogP) is 1.66. The molecule has 22 heavy (non-hydrogen) atoms. The van der Waals surface area contributed by atoms with E-state index in [2.05, 4.69) is 5.32 Å². The maximum Gasteiger partial charge on any atom is 0.408 e. The van der Waals surface area contributed by atoms with Crippen molar-refractivity contribution >= 4 is 12.0 Å². The lowest BCUT2D eigenvalue weighted by Crippen LogP contribution is -2.67. The minimum absolute atomic E-state index is 0.127. The zero-order valence-electron chi connectivity index (χ0n) is 14.0. The quantitative estimate of drug-likeness (QED) is 0.809. The second-order valence-electron chi connectivity index (χ2n) is 7.56. The SMILES string of the molecule is CCC[C@H](NC(=O)OC(C)(C)C)C(=O)N1CC(O)(C2CC2)C1. The van der Waals surface area contributed by atoms with Gasteiger partial charge in [-0.15, -0.1) is 0 Å². The highest BCUT2D eigenvalue weighted by Gasteiger charge is 2.53. The highest BCUT2D eigenvalue weighted by Crippen LogP contribution is 2.44. The molecule has 1 saturated carbocycles. The summed E-state index contributed by atoms with van der Waals surface area (Å²) in [7, 11) is 0. The maximum atomic E-state index is 12.5. The molecule has 0 spiro atoms. The van der Waals surface area contributed by atoms with Gasteiger partial charge < -0.3 is 20.1 Å². The van der Waals surface area contributed by atoms with Gasteiger partial charge in [-0.3, -0.25) is 4.79 Å². The van der Waals surface area contributed by atoms with E-state index < -0.39 is 23.3 Å². The molecule has 1 heterocycles. The summed E-state index contributed by atoms with van der Waals surface area (Å²) in [6.45, 7) is 8.09. The van der Waals surface area contributed by atoms with E-state index in [1.54, 1.807) is 25.7 Å². The summed E-state index contributed by atoms with van der Waals surface area (Å²) in [6, 6.07) is -0.580. The molecule has 2 rings (SSSR count). The van der Waals surface area contributed by atoms with Gasteiger partial charge in [0.15, 0.2) is 0 Å². The monoisotopic (exact) mass is 312 g/mol. The molecule has 126 valence electrons. The van der Waals surface area contributed by atoms with Gasteiger partial charge in [-0.05, 0) is 46.0 Å². The summed E-state index contributed by atoms with van der Waals surface area (Å²) in [6.07, 6.45) is 2.88. The van der Waals surface area contributed by atoms with Crippen LogP contribution in [0.2, 0.25) is 0 Å². The number of hydrogen-bond acceptors (Lipinski definition) is 4. The van der Waals surface area contributed by atoms with Crippen LogP contribution in [-0.4, -0.2) is 52.3 Å². The van der Waals surface area contributed by atoms with Crippen LogP contribution in [0.5, 0.6) is 0 Å². The smallest absolute Gasteiger partial charge is 0.408 e. The third-order valence-electron chi connectivity index (χ3n) is 4.14. The van der Waals surface area contributed by atoms with Gasteiger partial charge >= 0.3 is 6.09 Å². The molecular weight excluding hydrogens is 284 g/mol. The number of rotatable bonds is 5. The Morgan fingerprint density at radius 2 is 1.95 bits per heavy atom. The van der Waals surface area contributed by atoms with Gasteiger partial charge in [0.2, 0.25) is 5.91 Å². The summed E-state index contributed by atoms with van der Waals surface area (Å²) in [5.41, 5.74) is -1.29. The summed E-state index contributed by atoms with van der Waals surface area (Å²) >= 11 is 0. The third-order valence-corrected chi connectivity index (χ3v) is 4.14. The van der Waals surface area contributed by atoms with E-state index in [0.717, 1.165) is 19.3 Å². The molecule has 0 aromatic carbocycles. The Kier molecular flexibility index (Phi) is 4.70. The Hall–Kier alpha value is -1.30. The molecule has 0 radical (unpaired) electrons. The second-order valence-corrected chi connectivity index (χ2v) is 7.56. The van der Waals surface area contributed by atoms with E-state index in [1.165, 1.54) is 0 Å². The van der Waals surface area contributed by atoms with Crippen LogP contribution < -0.4 is 5.32 Å². The average Bonchev–Trinajstić information content (AvgIpc) is 3.15. The molecule has 6 nitrogen and oxygen atoms in total. The first-order valence-electron chi connectivity index (χ1n) is 8.15. The van der Waals surface area contributed by atoms with Gasteiger partial charge in [-0.25, -0.2) is 4.79 Å². The Morgan fingerprint density at radius 1 is 1.36 bits per heavy atom. The summed E-state index contributed by atoms with van der Waals surface area (Å²) in [5.74, 6) is 0.220. The number of carbonyl (C=O) groups is 2. The van der Waals surface area contributed by atoms with Crippen LogP contribution >= 0.6 is 0 Å². The molecule has 2 fully saturated rings. The van der Waals surface area contributed by atoms with E-state index in [9.17, 15) is 14.7 Å². The molecule has 1 aliphatic heterocycles. The van der Waals surface area contributed by atoms with Crippen molar-refractivity contribution in [1.82, 2.24) is 10.2 Å². The number of aliphatic hydroxyl groups is 1. The van der Waals surface area contributed by atoms with Crippen molar-refractivity contribution in [2.24, 2.45) is 5.92 Å². The average molecular weight is 312 g/mol. The number of alkyl carbamates (subject to hydrolysis) is 1. The number of nitrogens with one attached hydrogen (secondary N) is 1. The van der Waals surface area contributed by atoms with Crippen molar-refractivity contribution < 1.29 is 19.4 Å². The Labute approximate surface area is 132 Å². The number of hydrogen-bond donors (Lipinski definition) is 2. The number of carbonyl (C=O) groups excluding carboxylic acids is 2. The molecule has 0 bridgehead atoms. The van der Waals surface area contributed by atoms with E-state index in [1.807, 2.05) is 6.92 Å². The molecule has 1 saturated heterocycles. The van der Waals surface area contributed by atoms with Gasteiger partial charge in [-0.2, -0.15) is 0 Å². The molecule has 1 atom stereocenters. The van der Waals surface area contributed by atoms with E-state index in [4.69, 9.17) is 4.74 Å². The first-order valence-corrected chi connectivity index (χ1v) is 8.15. The van der Waals surface area contributed by atoms with Crippen LogP contribution in [0.25, 0.3) is 0 Å². The van der Waals surface area contributed by atoms with Gasteiger partial charge in [0.1, 0.15) is 17.2 Å². The summed E-state index contributed by atoms with van der Waals surface area (Å²) in [4.78, 5) is 26.0. The third kappa shape index (κ3) is 4.12. The van der Waals surface area contributed by atoms with Crippen LogP contribution in [0.4, 0.5) is 4.79 Å². The van der Waals surface area contributed by atoms with Gasteiger partial charge in [0.05, 0.1) is 13.1 Å².